The third-order valence-electron chi connectivity index (χ3n) is 2.60. The van der Waals surface area contributed by atoms with E-state index in [-0.39, 0.29) is 0 Å². The molecule has 4 N–H and O–H groups in total. The van der Waals surface area contributed by atoms with Gasteiger partial charge in [-0.25, -0.2) is 15.8 Å². The molecule has 102 valence electrons. The predicted molar refractivity (Wildman–Crippen MR) is 81.4 cm³/mol. The van der Waals surface area contributed by atoms with E-state index in [1.807, 2.05) is 19.1 Å². The summed E-state index contributed by atoms with van der Waals surface area (Å²) in [5, 5.41) is 12.3. The molecule has 0 atom stereocenters. The van der Waals surface area contributed by atoms with Crippen LogP contribution in [0.3, 0.4) is 0 Å². The van der Waals surface area contributed by atoms with E-state index in [2.05, 4.69) is 42.7 Å². The zero-order valence-electron chi connectivity index (χ0n) is 10.8. The Labute approximate surface area is 125 Å². The molecule has 0 fully saturated rings. The normalized spacial score (nSPS) is 9.90. The third kappa shape index (κ3) is 3.23. The second kappa shape index (κ2) is 6.32. The average molecular weight is 333 g/mol. The van der Waals surface area contributed by atoms with Crippen LogP contribution < -0.4 is 16.6 Å². The molecule has 0 unspecified atom stereocenters. The third-order valence-corrected chi connectivity index (χ3v) is 3.09. The molecule has 6 nitrogen and oxygen atoms in total. The van der Waals surface area contributed by atoms with Crippen LogP contribution in [0.25, 0.3) is 0 Å². The van der Waals surface area contributed by atoms with Crippen LogP contribution in [0.2, 0.25) is 0 Å². The number of nitriles is 1. The summed E-state index contributed by atoms with van der Waals surface area (Å²) in [7, 11) is 0. The highest BCUT2D eigenvalue weighted by Crippen LogP contribution is 2.24. The fraction of sp³-hybridized carbons (Fsp3) is 0.154. The summed E-state index contributed by atoms with van der Waals surface area (Å²) in [4.78, 5) is 8.56. The molecular weight excluding hydrogens is 320 g/mol. The minimum atomic E-state index is 0.523. The lowest BCUT2D eigenvalue weighted by atomic mass is 10.2. The molecule has 0 aliphatic rings. The van der Waals surface area contributed by atoms with E-state index in [0.717, 1.165) is 4.47 Å². The lowest BCUT2D eigenvalue weighted by molar-refractivity contribution is 0.941. The highest BCUT2D eigenvalue weighted by Gasteiger charge is 2.07. The topological polar surface area (TPSA) is 99.6 Å². The van der Waals surface area contributed by atoms with Crippen LogP contribution in [0.5, 0.6) is 0 Å². The lowest BCUT2D eigenvalue weighted by Gasteiger charge is -2.10. The van der Waals surface area contributed by atoms with Gasteiger partial charge in [0.25, 0.3) is 0 Å². The number of hydrogen-bond acceptors (Lipinski definition) is 6. The average Bonchev–Trinajstić information content (AvgIpc) is 2.48. The van der Waals surface area contributed by atoms with Crippen LogP contribution in [-0.2, 0) is 6.42 Å². The van der Waals surface area contributed by atoms with Gasteiger partial charge in [-0.1, -0.05) is 22.9 Å². The van der Waals surface area contributed by atoms with Gasteiger partial charge in [0.2, 0.25) is 0 Å². The van der Waals surface area contributed by atoms with Crippen molar-refractivity contribution in [2.24, 2.45) is 5.84 Å². The molecule has 0 spiro atoms. The maximum atomic E-state index is 9.15. The van der Waals surface area contributed by atoms with Crippen molar-refractivity contribution in [2.45, 2.75) is 13.3 Å². The smallest absolute Gasteiger partial charge is 0.145 e. The summed E-state index contributed by atoms with van der Waals surface area (Å²) < 4.78 is 0.848. The van der Waals surface area contributed by atoms with Gasteiger partial charge in [-0.05, 0) is 18.2 Å². The molecule has 1 aromatic heterocycles. The first-order chi connectivity index (χ1) is 9.66. The van der Waals surface area contributed by atoms with Gasteiger partial charge >= 0.3 is 0 Å². The summed E-state index contributed by atoms with van der Waals surface area (Å²) in [6.45, 7) is 1.96. The number of hydrogen-bond donors (Lipinski definition) is 3. The van der Waals surface area contributed by atoms with E-state index >= 15 is 0 Å². The summed E-state index contributed by atoms with van der Waals surface area (Å²) >= 11 is 3.34. The largest absolute Gasteiger partial charge is 0.339 e. The number of nitrogens with zero attached hydrogens (tertiary/aromatic N) is 3. The fourth-order valence-electron chi connectivity index (χ4n) is 1.65. The molecule has 20 heavy (non-hydrogen) atoms. The molecule has 0 saturated heterocycles. The van der Waals surface area contributed by atoms with Crippen molar-refractivity contribution in [1.82, 2.24) is 9.97 Å². The second-order valence-electron chi connectivity index (χ2n) is 3.98. The Hall–Kier alpha value is -2.17. The van der Waals surface area contributed by atoms with Crippen LogP contribution in [0, 0.1) is 11.3 Å². The van der Waals surface area contributed by atoms with Gasteiger partial charge in [-0.2, -0.15) is 5.26 Å². The first-order valence-corrected chi connectivity index (χ1v) is 6.76. The van der Waals surface area contributed by atoms with E-state index in [0.29, 0.717) is 35.1 Å². The van der Waals surface area contributed by atoms with Crippen molar-refractivity contribution in [3.63, 3.8) is 0 Å². The molecule has 0 radical (unpaired) electrons. The van der Waals surface area contributed by atoms with Crippen molar-refractivity contribution < 1.29 is 0 Å². The van der Waals surface area contributed by atoms with E-state index in [1.54, 1.807) is 12.1 Å². The maximum absolute atomic E-state index is 9.15. The molecule has 1 heterocycles. The van der Waals surface area contributed by atoms with Crippen molar-refractivity contribution >= 4 is 33.3 Å². The summed E-state index contributed by atoms with van der Waals surface area (Å²) in [5.41, 5.74) is 3.71. The molecule has 0 aliphatic heterocycles. The Morgan fingerprint density at radius 2 is 2.05 bits per heavy atom. The van der Waals surface area contributed by atoms with Gasteiger partial charge in [0.1, 0.15) is 23.5 Å². The van der Waals surface area contributed by atoms with Crippen LogP contribution in [0.1, 0.15) is 18.3 Å². The van der Waals surface area contributed by atoms with Crippen LogP contribution in [-0.4, -0.2) is 9.97 Å². The molecule has 7 heteroatoms. The minimum Gasteiger partial charge on any atom is -0.339 e. The Morgan fingerprint density at radius 1 is 1.30 bits per heavy atom. The zero-order valence-corrected chi connectivity index (χ0v) is 12.4. The van der Waals surface area contributed by atoms with Crippen LogP contribution in [0.4, 0.5) is 17.3 Å². The number of aryl methyl sites for hydroxylation is 1. The van der Waals surface area contributed by atoms with Gasteiger partial charge in [-0.15, -0.1) is 0 Å². The first-order valence-electron chi connectivity index (χ1n) is 5.97. The van der Waals surface area contributed by atoms with E-state index in [9.17, 15) is 0 Å². The number of nitrogens with one attached hydrogen (secondary N) is 2. The predicted octanol–water partition coefficient (Wildman–Crippen LogP) is 2.70. The van der Waals surface area contributed by atoms with Crippen molar-refractivity contribution in [1.29, 1.82) is 5.26 Å². The molecular formula is C13H13BrN6. The van der Waals surface area contributed by atoms with Crippen molar-refractivity contribution in [3.05, 3.63) is 40.1 Å². The quantitative estimate of drug-likeness (QED) is 0.588. The van der Waals surface area contributed by atoms with Gasteiger partial charge in [0, 0.05) is 17.0 Å². The van der Waals surface area contributed by atoms with Gasteiger partial charge in [-0.3, -0.25) is 0 Å². The van der Waals surface area contributed by atoms with Gasteiger partial charge in [0.05, 0.1) is 11.3 Å². The number of rotatable bonds is 4. The van der Waals surface area contributed by atoms with Gasteiger partial charge < -0.3 is 10.7 Å². The molecule has 0 saturated carbocycles. The SMILES string of the molecule is CCc1nc(NN)cc(Nc2ccc(Br)cc2C#N)n1. The number of hydrazine groups is 1. The highest BCUT2D eigenvalue weighted by atomic mass is 79.9. The molecule has 2 rings (SSSR count). The number of anilines is 3. The fourth-order valence-corrected chi connectivity index (χ4v) is 2.01. The Bertz CT molecular complexity index is 642. The Balaban J connectivity index is 2.37. The molecule has 1 aromatic carbocycles. The monoisotopic (exact) mass is 332 g/mol. The second-order valence-corrected chi connectivity index (χ2v) is 4.89. The van der Waals surface area contributed by atoms with Crippen molar-refractivity contribution in [2.75, 3.05) is 10.7 Å². The van der Waals surface area contributed by atoms with Crippen LogP contribution in [0.15, 0.2) is 28.7 Å². The van der Waals surface area contributed by atoms with E-state index < -0.39 is 0 Å². The molecule has 0 amide bonds. The zero-order chi connectivity index (χ0) is 14.5. The summed E-state index contributed by atoms with van der Waals surface area (Å²) in [6.07, 6.45) is 0.690. The van der Waals surface area contributed by atoms with Crippen LogP contribution >= 0.6 is 15.9 Å². The molecule has 0 bridgehead atoms. The standard InChI is InChI=1S/C13H13BrN6/c1-2-11-18-12(6-13(19-11)20-16)17-10-4-3-9(14)5-8(10)7-15/h3-6H,2,16H2,1H3,(H2,17,18,19,20). The minimum absolute atomic E-state index is 0.523. The summed E-state index contributed by atoms with van der Waals surface area (Å²) in [5.74, 6) is 7.16. The van der Waals surface area contributed by atoms with Gasteiger partial charge in [0.15, 0.2) is 0 Å². The maximum Gasteiger partial charge on any atom is 0.145 e. The molecule has 2 aromatic rings. The van der Waals surface area contributed by atoms with Crippen molar-refractivity contribution in [3.8, 4) is 6.07 Å². The number of aromatic nitrogens is 2. The first kappa shape index (κ1) is 14.2. The number of nitrogen functional groups attached to an aromatic ring is 1. The van der Waals surface area contributed by atoms with E-state index in [4.69, 9.17) is 11.1 Å². The molecule has 0 aliphatic carbocycles. The number of benzene rings is 1. The van der Waals surface area contributed by atoms with E-state index in [1.165, 1.54) is 0 Å². The highest BCUT2D eigenvalue weighted by molar-refractivity contribution is 9.10. The number of halogens is 1. The summed E-state index contributed by atoms with van der Waals surface area (Å²) in [6, 6.07) is 9.23. The number of nitrogens with two attached hydrogens (primary N) is 1. The lowest BCUT2D eigenvalue weighted by Crippen LogP contribution is -2.11. The Morgan fingerprint density at radius 3 is 2.70 bits per heavy atom. The Kier molecular flexibility index (Phi) is 4.50.